The van der Waals surface area contributed by atoms with Crippen molar-refractivity contribution in [1.29, 1.82) is 0 Å². The first kappa shape index (κ1) is 21.1. The van der Waals surface area contributed by atoms with Gasteiger partial charge in [-0.05, 0) is 61.1 Å². The van der Waals surface area contributed by atoms with E-state index in [4.69, 9.17) is 21.8 Å². The third-order valence-electron chi connectivity index (χ3n) is 5.47. The van der Waals surface area contributed by atoms with Gasteiger partial charge in [0.25, 0.3) is 0 Å². The Bertz CT molecular complexity index is 1220. The van der Waals surface area contributed by atoms with Gasteiger partial charge in [0.1, 0.15) is 5.15 Å². The van der Waals surface area contributed by atoms with Gasteiger partial charge in [-0.3, -0.25) is 4.79 Å². The molecule has 3 aromatic heterocycles. The topological polar surface area (TPSA) is 67.5 Å². The fraction of sp³-hybridized carbons (Fsp3) is 0.240. The minimum atomic E-state index is -0.767. The number of carboxylic acids is 1. The zero-order chi connectivity index (χ0) is 21.8. The summed E-state index contributed by atoms with van der Waals surface area (Å²) in [6.45, 7) is 2.12. The average Bonchev–Trinajstić information content (AvgIpc) is 3.19. The van der Waals surface area contributed by atoms with E-state index in [1.54, 1.807) is 6.20 Å². The fourth-order valence-corrected chi connectivity index (χ4v) is 4.18. The molecule has 4 aromatic rings. The Morgan fingerprint density at radius 3 is 2.58 bits per heavy atom. The number of aryl methyl sites for hydroxylation is 1. The van der Waals surface area contributed by atoms with Crippen molar-refractivity contribution in [1.82, 2.24) is 14.6 Å². The first-order valence-corrected chi connectivity index (χ1v) is 10.9. The van der Waals surface area contributed by atoms with Crippen molar-refractivity contribution >= 4 is 23.1 Å². The Morgan fingerprint density at radius 2 is 1.87 bits per heavy atom. The molecule has 6 heteroatoms. The van der Waals surface area contributed by atoms with Crippen molar-refractivity contribution in [3.05, 3.63) is 77.2 Å². The summed E-state index contributed by atoms with van der Waals surface area (Å²) in [5, 5.41) is 14.5. The number of hydrogen-bond acceptors (Lipinski definition) is 3. The van der Waals surface area contributed by atoms with E-state index in [9.17, 15) is 4.79 Å². The Kier molecular flexibility index (Phi) is 6.33. The fourth-order valence-electron chi connectivity index (χ4n) is 4.01. The number of aromatic nitrogens is 3. The van der Waals surface area contributed by atoms with E-state index >= 15 is 0 Å². The second-order valence-electron chi connectivity index (χ2n) is 7.51. The van der Waals surface area contributed by atoms with Gasteiger partial charge < -0.3 is 5.11 Å². The summed E-state index contributed by atoms with van der Waals surface area (Å²) in [6, 6.07) is 18.2. The van der Waals surface area contributed by atoms with Crippen molar-refractivity contribution in [3.63, 3.8) is 0 Å². The maximum atomic E-state index is 11.0. The van der Waals surface area contributed by atoms with Crippen molar-refractivity contribution in [2.24, 2.45) is 0 Å². The zero-order valence-corrected chi connectivity index (χ0v) is 18.1. The second-order valence-corrected chi connectivity index (χ2v) is 7.90. The predicted octanol–water partition coefficient (Wildman–Crippen LogP) is 6.08. The average molecular weight is 434 g/mol. The molecular weight excluding hydrogens is 410 g/mol. The molecule has 31 heavy (non-hydrogen) atoms. The van der Waals surface area contributed by atoms with Crippen LogP contribution in [0.25, 0.3) is 27.9 Å². The molecule has 158 valence electrons. The lowest BCUT2D eigenvalue weighted by Crippen LogP contribution is -2.06. The Balaban J connectivity index is 1.96. The molecule has 5 nitrogen and oxygen atoms in total. The van der Waals surface area contributed by atoms with Crippen molar-refractivity contribution < 1.29 is 9.90 Å². The van der Waals surface area contributed by atoms with Crippen LogP contribution in [0.5, 0.6) is 0 Å². The Morgan fingerprint density at radius 1 is 1.06 bits per heavy atom. The van der Waals surface area contributed by atoms with Crippen LogP contribution in [-0.4, -0.2) is 25.7 Å². The highest BCUT2D eigenvalue weighted by Crippen LogP contribution is 2.37. The number of rotatable bonds is 8. The summed E-state index contributed by atoms with van der Waals surface area (Å²) in [5.41, 5.74) is 7.27. The quantitative estimate of drug-likeness (QED) is 0.270. The van der Waals surface area contributed by atoms with Gasteiger partial charge in [-0.25, -0.2) is 9.50 Å². The molecule has 0 atom stereocenters. The number of pyridine rings is 1. The number of unbranched alkanes of at least 4 members (excludes halogenated alkanes) is 1. The second kappa shape index (κ2) is 9.31. The summed E-state index contributed by atoms with van der Waals surface area (Å²) in [7, 11) is 0. The van der Waals surface area contributed by atoms with Gasteiger partial charge in [-0.2, -0.15) is 5.10 Å². The van der Waals surface area contributed by atoms with Crippen molar-refractivity contribution in [2.75, 3.05) is 0 Å². The molecule has 0 amide bonds. The highest BCUT2D eigenvalue weighted by Gasteiger charge is 2.20. The number of halogens is 1. The lowest BCUT2D eigenvalue weighted by Gasteiger charge is -2.18. The van der Waals surface area contributed by atoms with Crippen molar-refractivity contribution in [3.8, 4) is 22.4 Å². The number of carboxylic acid groups (broad SMARTS) is 1. The Labute approximate surface area is 186 Å². The molecule has 0 aliphatic carbocycles. The van der Waals surface area contributed by atoms with Gasteiger partial charge in [0.05, 0.1) is 11.2 Å². The molecule has 0 spiro atoms. The van der Waals surface area contributed by atoms with Crippen LogP contribution >= 0.6 is 11.6 Å². The molecule has 0 unspecified atom stereocenters. The Hall–Kier alpha value is -3.18. The summed E-state index contributed by atoms with van der Waals surface area (Å²) in [4.78, 5) is 15.1. The summed E-state index contributed by atoms with van der Waals surface area (Å²) in [5.74, 6) is -0.767. The van der Waals surface area contributed by atoms with Crippen LogP contribution in [0, 0.1) is 0 Å². The SMILES string of the molecule is CCc1ccc2c(-c3ccnc(Cl)c3)c(CCCCC(=O)O)c(-c3ccccc3)nn12. The largest absolute Gasteiger partial charge is 0.481 e. The standard InChI is InChI=1S/C25H24ClN3O2/c1-2-19-12-13-21-24(18-14-15-27-22(26)16-18)20(10-6-7-11-23(30)31)25(28-29(19)21)17-8-4-3-5-9-17/h3-5,8-9,12-16H,2,6-7,10-11H2,1H3,(H,30,31). The van der Waals surface area contributed by atoms with Crippen LogP contribution in [0.4, 0.5) is 0 Å². The zero-order valence-electron chi connectivity index (χ0n) is 17.4. The molecule has 0 aliphatic rings. The number of carbonyl (C=O) groups is 1. The van der Waals surface area contributed by atoms with Crippen LogP contribution in [0.2, 0.25) is 5.15 Å². The maximum Gasteiger partial charge on any atom is 0.303 e. The molecule has 0 saturated carbocycles. The van der Waals surface area contributed by atoms with Gasteiger partial charge in [-0.15, -0.1) is 0 Å². The van der Waals surface area contributed by atoms with E-state index in [0.717, 1.165) is 58.4 Å². The van der Waals surface area contributed by atoms with Gasteiger partial charge in [-0.1, -0.05) is 48.9 Å². The van der Waals surface area contributed by atoms with Gasteiger partial charge in [0, 0.05) is 29.4 Å². The van der Waals surface area contributed by atoms with Crippen LogP contribution in [-0.2, 0) is 17.6 Å². The minimum absolute atomic E-state index is 0.165. The van der Waals surface area contributed by atoms with Crippen LogP contribution in [0.15, 0.2) is 60.8 Å². The number of benzene rings is 1. The monoisotopic (exact) mass is 433 g/mol. The first-order chi connectivity index (χ1) is 15.1. The number of aliphatic carboxylic acids is 1. The molecule has 0 fully saturated rings. The van der Waals surface area contributed by atoms with E-state index < -0.39 is 5.97 Å². The lowest BCUT2D eigenvalue weighted by atomic mass is 9.92. The number of nitrogens with zero attached hydrogens (tertiary/aromatic N) is 3. The van der Waals surface area contributed by atoms with Gasteiger partial charge in [0.2, 0.25) is 0 Å². The summed E-state index contributed by atoms with van der Waals surface area (Å²) < 4.78 is 2.02. The molecule has 1 aromatic carbocycles. The normalized spacial score (nSPS) is 11.2. The molecule has 0 saturated heterocycles. The molecular formula is C25H24ClN3O2. The molecule has 3 heterocycles. The lowest BCUT2D eigenvalue weighted by molar-refractivity contribution is -0.137. The van der Waals surface area contributed by atoms with Crippen LogP contribution in [0.1, 0.15) is 37.4 Å². The number of fused-ring (bicyclic) bond motifs is 1. The van der Waals surface area contributed by atoms with E-state index in [2.05, 4.69) is 36.2 Å². The molecule has 1 N–H and O–H groups in total. The van der Waals surface area contributed by atoms with E-state index in [1.807, 2.05) is 34.8 Å². The van der Waals surface area contributed by atoms with E-state index in [1.165, 1.54) is 0 Å². The van der Waals surface area contributed by atoms with Gasteiger partial charge in [0.15, 0.2) is 0 Å². The van der Waals surface area contributed by atoms with Crippen LogP contribution < -0.4 is 0 Å². The van der Waals surface area contributed by atoms with Gasteiger partial charge >= 0.3 is 5.97 Å². The molecule has 4 rings (SSSR count). The number of hydrogen-bond donors (Lipinski definition) is 1. The van der Waals surface area contributed by atoms with Crippen molar-refractivity contribution in [2.45, 2.75) is 39.0 Å². The highest BCUT2D eigenvalue weighted by molar-refractivity contribution is 6.29. The third-order valence-corrected chi connectivity index (χ3v) is 5.68. The molecule has 0 aliphatic heterocycles. The summed E-state index contributed by atoms with van der Waals surface area (Å²) in [6.07, 6.45) is 4.85. The van der Waals surface area contributed by atoms with Crippen LogP contribution in [0.3, 0.4) is 0 Å². The third kappa shape index (κ3) is 4.47. The maximum absolute atomic E-state index is 11.0. The van der Waals surface area contributed by atoms with E-state index in [-0.39, 0.29) is 6.42 Å². The first-order valence-electron chi connectivity index (χ1n) is 10.5. The molecule has 0 radical (unpaired) electrons. The van der Waals surface area contributed by atoms with E-state index in [0.29, 0.717) is 11.6 Å². The predicted molar refractivity (Wildman–Crippen MR) is 123 cm³/mol. The smallest absolute Gasteiger partial charge is 0.303 e. The molecule has 0 bridgehead atoms. The summed E-state index contributed by atoms with van der Waals surface area (Å²) >= 11 is 6.25. The minimum Gasteiger partial charge on any atom is -0.481 e. The highest BCUT2D eigenvalue weighted by atomic mass is 35.5.